The van der Waals surface area contributed by atoms with Gasteiger partial charge in [-0.05, 0) is 39.7 Å². The minimum Gasteiger partial charge on any atom is -0.357 e. The van der Waals surface area contributed by atoms with Gasteiger partial charge in [0.25, 0.3) is 0 Å². The Bertz CT molecular complexity index is 728. The van der Waals surface area contributed by atoms with Gasteiger partial charge in [-0.1, -0.05) is 57.6 Å². The highest BCUT2D eigenvalue weighted by molar-refractivity contribution is 9.10. The van der Waals surface area contributed by atoms with Crippen LogP contribution in [0.15, 0.2) is 51.5 Å². The number of benzene rings is 1. The highest BCUT2D eigenvalue weighted by Crippen LogP contribution is 2.27. The van der Waals surface area contributed by atoms with Gasteiger partial charge in [-0.25, -0.2) is 0 Å². The van der Waals surface area contributed by atoms with Crippen molar-refractivity contribution >= 4 is 21.7 Å². The lowest BCUT2D eigenvalue weighted by molar-refractivity contribution is -0.116. The average Bonchev–Trinajstić information content (AvgIpc) is 2.55. The molecule has 1 aliphatic carbocycles. The number of ether oxygens (including phenoxy) is 1. The Morgan fingerprint density at radius 1 is 1.33 bits per heavy atom. The smallest absolute Gasteiger partial charge is 0.159 e. The number of rotatable bonds is 4. The predicted molar refractivity (Wildman–Crippen MR) is 102 cm³/mol. The monoisotopic (exact) mass is 386 g/mol. The summed E-state index contributed by atoms with van der Waals surface area (Å²) in [6.07, 6.45) is 4.12. The van der Waals surface area contributed by atoms with E-state index in [2.05, 4.69) is 27.8 Å². The third-order valence-corrected chi connectivity index (χ3v) is 4.72. The second kappa shape index (κ2) is 9.01. The van der Waals surface area contributed by atoms with Crippen LogP contribution in [0.25, 0.3) is 0 Å². The van der Waals surface area contributed by atoms with Crippen molar-refractivity contribution in [3.63, 3.8) is 0 Å². The molecule has 0 N–H and O–H groups in total. The molecular formula is C21H23BrO2. The van der Waals surface area contributed by atoms with Gasteiger partial charge in [-0.15, -0.1) is 0 Å². The zero-order valence-electron chi connectivity index (χ0n) is 14.5. The average molecular weight is 387 g/mol. The standard InChI is InChI=1S/C21H23BrO2/c1-15(2)13-14-24-21(18-8-4-5-9-19(18)22)12-11-17-7-6-10-20(23)16(17)3/h4-5,8-9,13,21H,6-7,10,14H2,1-3H3. The highest BCUT2D eigenvalue weighted by Gasteiger charge is 2.16. The Labute approximate surface area is 153 Å². The summed E-state index contributed by atoms with van der Waals surface area (Å²) >= 11 is 3.58. The lowest BCUT2D eigenvalue weighted by Gasteiger charge is -2.15. The second-order valence-electron chi connectivity index (χ2n) is 6.17. The minimum atomic E-state index is -0.325. The third-order valence-electron chi connectivity index (χ3n) is 4.00. The number of halogens is 1. The Kier molecular flexibility index (Phi) is 7.02. The minimum absolute atomic E-state index is 0.216. The summed E-state index contributed by atoms with van der Waals surface area (Å²) in [6, 6.07) is 7.95. The quantitative estimate of drug-likeness (QED) is 0.501. The SMILES string of the molecule is CC(C)=CCOC(C#CC1=C(C)C(=O)CCC1)c1ccccc1Br. The van der Waals surface area contributed by atoms with Crippen molar-refractivity contribution in [3.8, 4) is 11.8 Å². The van der Waals surface area contributed by atoms with Gasteiger partial charge in [0.05, 0.1) is 6.61 Å². The number of carbonyl (C=O) groups is 1. The van der Waals surface area contributed by atoms with Crippen LogP contribution in [-0.2, 0) is 9.53 Å². The lowest BCUT2D eigenvalue weighted by atomic mass is 9.92. The van der Waals surface area contributed by atoms with E-state index in [1.54, 1.807) is 0 Å². The van der Waals surface area contributed by atoms with Crippen LogP contribution in [0.5, 0.6) is 0 Å². The van der Waals surface area contributed by atoms with E-state index >= 15 is 0 Å². The van der Waals surface area contributed by atoms with E-state index in [-0.39, 0.29) is 11.9 Å². The maximum absolute atomic E-state index is 11.8. The first kappa shape index (κ1) is 18.7. The lowest BCUT2D eigenvalue weighted by Crippen LogP contribution is -2.09. The molecule has 1 unspecified atom stereocenters. The summed E-state index contributed by atoms with van der Waals surface area (Å²) < 4.78 is 6.96. The first-order chi connectivity index (χ1) is 11.5. The molecule has 0 aliphatic heterocycles. The fourth-order valence-electron chi connectivity index (χ4n) is 2.49. The van der Waals surface area contributed by atoms with E-state index in [0.717, 1.165) is 34.0 Å². The van der Waals surface area contributed by atoms with Gasteiger partial charge in [0, 0.05) is 27.6 Å². The summed E-state index contributed by atoms with van der Waals surface area (Å²) in [5, 5.41) is 0. The summed E-state index contributed by atoms with van der Waals surface area (Å²) in [7, 11) is 0. The topological polar surface area (TPSA) is 26.3 Å². The van der Waals surface area contributed by atoms with E-state index in [1.807, 2.05) is 51.1 Å². The van der Waals surface area contributed by atoms with Crippen LogP contribution in [-0.4, -0.2) is 12.4 Å². The maximum Gasteiger partial charge on any atom is 0.159 e. The van der Waals surface area contributed by atoms with Gasteiger partial charge in [-0.2, -0.15) is 0 Å². The molecular weight excluding hydrogens is 364 g/mol. The summed E-state index contributed by atoms with van der Waals surface area (Å²) in [4.78, 5) is 11.8. The molecule has 0 saturated heterocycles. The molecule has 24 heavy (non-hydrogen) atoms. The predicted octanol–water partition coefficient (Wildman–Crippen LogP) is 5.55. The van der Waals surface area contributed by atoms with Gasteiger partial charge < -0.3 is 4.74 Å². The summed E-state index contributed by atoms with van der Waals surface area (Å²) in [5.41, 5.74) is 3.98. The molecule has 1 atom stereocenters. The number of hydrogen-bond donors (Lipinski definition) is 0. The van der Waals surface area contributed by atoms with Crippen molar-refractivity contribution in [1.29, 1.82) is 0 Å². The van der Waals surface area contributed by atoms with E-state index in [9.17, 15) is 4.79 Å². The van der Waals surface area contributed by atoms with Crippen LogP contribution in [0, 0.1) is 11.8 Å². The molecule has 0 aromatic heterocycles. The van der Waals surface area contributed by atoms with E-state index in [4.69, 9.17) is 4.74 Å². The molecule has 2 rings (SSSR count). The number of Topliss-reactive ketones (excluding diaryl/α,β-unsaturated/α-hetero) is 1. The molecule has 0 heterocycles. The van der Waals surface area contributed by atoms with Gasteiger partial charge in [0.1, 0.15) is 6.10 Å². The van der Waals surface area contributed by atoms with E-state index in [1.165, 1.54) is 5.57 Å². The number of hydrogen-bond acceptors (Lipinski definition) is 2. The molecule has 0 bridgehead atoms. The van der Waals surface area contributed by atoms with Crippen molar-refractivity contribution in [1.82, 2.24) is 0 Å². The van der Waals surface area contributed by atoms with E-state index < -0.39 is 0 Å². The van der Waals surface area contributed by atoms with Crippen LogP contribution in [0.3, 0.4) is 0 Å². The summed E-state index contributed by atoms with van der Waals surface area (Å²) in [5.74, 6) is 6.65. The molecule has 1 aromatic carbocycles. The maximum atomic E-state index is 11.8. The Balaban J connectivity index is 2.29. The normalized spacial score (nSPS) is 15.6. The van der Waals surface area contributed by atoms with Crippen LogP contribution < -0.4 is 0 Å². The molecule has 1 aliphatic rings. The molecule has 3 heteroatoms. The second-order valence-corrected chi connectivity index (χ2v) is 7.02. The molecule has 1 aromatic rings. The largest absolute Gasteiger partial charge is 0.357 e. The van der Waals surface area contributed by atoms with Crippen LogP contribution >= 0.6 is 15.9 Å². The van der Waals surface area contributed by atoms with Gasteiger partial charge in [0.15, 0.2) is 5.78 Å². The van der Waals surface area contributed by atoms with E-state index in [0.29, 0.717) is 13.0 Å². The highest BCUT2D eigenvalue weighted by atomic mass is 79.9. The van der Waals surface area contributed by atoms with Crippen molar-refractivity contribution in [2.45, 2.75) is 46.1 Å². The molecule has 0 spiro atoms. The number of ketones is 1. The Morgan fingerprint density at radius 3 is 2.79 bits per heavy atom. The first-order valence-corrected chi connectivity index (χ1v) is 9.02. The molecule has 0 amide bonds. The Hall–Kier alpha value is -1.63. The molecule has 0 fully saturated rings. The number of carbonyl (C=O) groups excluding carboxylic acids is 1. The van der Waals surface area contributed by atoms with Crippen molar-refractivity contribution in [3.05, 3.63) is 57.1 Å². The van der Waals surface area contributed by atoms with Gasteiger partial charge in [-0.3, -0.25) is 4.79 Å². The van der Waals surface area contributed by atoms with Crippen LogP contribution in [0.4, 0.5) is 0 Å². The van der Waals surface area contributed by atoms with Gasteiger partial charge >= 0.3 is 0 Å². The zero-order valence-corrected chi connectivity index (χ0v) is 16.1. The first-order valence-electron chi connectivity index (χ1n) is 8.23. The summed E-state index contributed by atoms with van der Waals surface area (Å²) in [6.45, 7) is 6.48. The molecule has 2 nitrogen and oxygen atoms in total. The van der Waals surface area contributed by atoms with Crippen LogP contribution in [0.1, 0.15) is 51.7 Å². The van der Waals surface area contributed by atoms with Crippen molar-refractivity contribution in [2.75, 3.05) is 6.61 Å². The third kappa shape index (κ3) is 5.19. The van der Waals surface area contributed by atoms with Crippen molar-refractivity contribution in [2.24, 2.45) is 0 Å². The zero-order chi connectivity index (χ0) is 17.5. The fraction of sp³-hybridized carbons (Fsp3) is 0.381. The molecule has 126 valence electrons. The van der Waals surface area contributed by atoms with Crippen LogP contribution in [0.2, 0.25) is 0 Å². The van der Waals surface area contributed by atoms with Gasteiger partial charge in [0.2, 0.25) is 0 Å². The fourth-order valence-corrected chi connectivity index (χ4v) is 2.98. The molecule has 0 saturated carbocycles. The molecule has 0 radical (unpaired) electrons. The van der Waals surface area contributed by atoms with Crippen molar-refractivity contribution < 1.29 is 9.53 Å². The number of allylic oxidation sites excluding steroid dienone is 3. The Morgan fingerprint density at radius 2 is 2.08 bits per heavy atom.